The molecule has 0 bridgehead atoms. The highest BCUT2D eigenvalue weighted by Gasteiger charge is 2.36. The third-order valence-electron chi connectivity index (χ3n) is 3.97. The number of anilines is 1. The first kappa shape index (κ1) is 13.5. The lowest BCUT2D eigenvalue weighted by Gasteiger charge is -2.34. The molecule has 5 heteroatoms. The summed E-state index contributed by atoms with van der Waals surface area (Å²) in [4.78, 5) is 25.6. The Balaban J connectivity index is 1.91. The van der Waals surface area contributed by atoms with Gasteiger partial charge in [0.1, 0.15) is 0 Å². The molecule has 2 heterocycles. The number of rotatable bonds is 2. The maximum absolute atomic E-state index is 12.6. The highest BCUT2D eigenvalue weighted by atomic mass is 32.2. The van der Waals surface area contributed by atoms with Crippen molar-refractivity contribution in [3.8, 4) is 0 Å². The molecule has 106 valence electrons. The fraction of sp³-hybridized carbons (Fsp3) is 0.467. The molecule has 1 aromatic rings. The van der Waals surface area contributed by atoms with Crippen LogP contribution in [0.3, 0.4) is 0 Å². The van der Waals surface area contributed by atoms with Gasteiger partial charge in [-0.3, -0.25) is 9.59 Å². The smallest absolute Gasteiger partial charge is 0.308 e. The third-order valence-corrected chi connectivity index (χ3v) is 5.34. The number of carbonyl (C=O) groups is 2. The highest BCUT2D eigenvalue weighted by Crippen LogP contribution is 2.34. The first-order chi connectivity index (χ1) is 9.66. The lowest BCUT2D eigenvalue weighted by molar-refractivity contribution is -0.141. The van der Waals surface area contributed by atoms with Crippen molar-refractivity contribution in [3.05, 3.63) is 29.8 Å². The summed E-state index contributed by atoms with van der Waals surface area (Å²) in [5, 5.41) is 9.28. The number of hydrogen-bond acceptors (Lipinski definition) is 3. The van der Waals surface area contributed by atoms with E-state index in [2.05, 4.69) is 0 Å². The molecule has 0 aromatic heterocycles. The average Bonchev–Trinajstić information content (AvgIpc) is 2.99. The minimum atomic E-state index is -0.823. The largest absolute Gasteiger partial charge is 0.481 e. The molecule has 2 aliphatic heterocycles. The molecule has 1 aromatic carbocycles. The molecular weight excluding hydrogens is 274 g/mol. The first-order valence-corrected chi connectivity index (χ1v) is 7.95. The van der Waals surface area contributed by atoms with Crippen molar-refractivity contribution in [2.45, 2.75) is 24.5 Å². The van der Waals surface area contributed by atoms with Gasteiger partial charge in [-0.2, -0.15) is 0 Å². The molecule has 1 fully saturated rings. The number of carboxylic acids is 1. The molecule has 20 heavy (non-hydrogen) atoms. The number of amides is 1. The molecule has 1 N–H and O–H groups in total. The summed E-state index contributed by atoms with van der Waals surface area (Å²) in [6, 6.07) is 7.65. The topological polar surface area (TPSA) is 57.6 Å². The van der Waals surface area contributed by atoms with Gasteiger partial charge in [-0.1, -0.05) is 18.2 Å². The Morgan fingerprint density at radius 3 is 2.80 bits per heavy atom. The van der Waals surface area contributed by atoms with Gasteiger partial charge in [0.2, 0.25) is 5.91 Å². The molecule has 1 saturated heterocycles. The molecule has 0 saturated carbocycles. The molecule has 3 rings (SSSR count). The minimum absolute atomic E-state index is 0.00407. The summed E-state index contributed by atoms with van der Waals surface area (Å²) in [6.07, 6.45) is 2.48. The summed E-state index contributed by atoms with van der Waals surface area (Å²) in [7, 11) is 0. The van der Waals surface area contributed by atoms with Gasteiger partial charge in [-0.15, -0.1) is 11.8 Å². The second kappa shape index (κ2) is 5.48. The zero-order valence-corrected chi connectivity index (χ0v) is 11.9. The molecular formula is C15H17NO3S. The first-order valence-electron chi connectivity index (χ1n) is 6.90. The molecule has 2 aliphatic rings. The molecule has 0 radical (unpaired) electrons. The molecule has 4 nitrogen and oxygen atoms in total. The predicted molar refractivity (Wildman–Crippen MR) is 79.1 cm³/mol. The number of fused-ring (bicyclic) bond motifs is 1. The van der Waals surface area contributed by atoms with E-state index in [9.17, 15) is 14.7 Å². The fourth-order valence-corrected chi connectivity index (χ4v) is 4.14. The van der Waals surface area contributed by atoms with E-state index in [0.717, 1.165) is 29.8 Å². The standard InChI is InChI=1S/C15H17NO3S/c17-14(13-6-3-7-20-13)16-9-11(15(18)19)8-10-4-1-2-5-12(10)16/h1-2,4-5,11,13H,3,6-9H2,(H,18,19). The van der Waals surface area contributed by atoms with Gasteiger partial charge < -0.3 is 10.0 Å². The molecule has 2 atom stereocenters. The van der Waals surface area contributed by atoms with Crippen LogP contribution in [0, 0.1) is 5.92 Å². The van der Waals surface area contributed by atoms with Crippen LogP contribution in [0.4, 0.5) is 5.69 Å². The minimum Gasteiger partial charge on any atom is -0.481 e. The van der Waals surface area contributed by atoms with Gasteiger partial charge in [-0.05, 0) is 36.6 Å². The van der Waals surface area contributed by atoms with Crippen molar-refractivity contribution >= 4 is 29.3 Å². The Kier molecular flexibility index (Phi) is 3.70. The summed E-state index contributed by atoms with van der Waals surface area (Å²) < 4.78 is 0. The zero-order chi connectivity index (χ0) is 14.1. The van der Waals surface area contributed by atoms with E-state index >= 15 is 0 Å². The molecule has 0 spiro atoms. The van der Waals surface area contributed by atoms with Crippen molar-refractivity contribution in [1.82, 2.24) is 0 Å². The van der Waals surface area contributed by atoms with Crippen molar-refractivity contribution in [2.75, 3.05) is 17.2 Å². The summed E-state index contributed by atoms with van der Waals surface area (Å²) in [5.74, 6) is -0.226. The van der Waals surface area contributed by atoms with Gasteiger partial charge in [-0.25, -0.2) is 0 Å². The number of aliphatic carboxylic acids is 1. The van der Waals surface area contributed by atoms with Crippen molar-refractivity contribution < 1.29 is 14.7 Å². The van der Waals surface area contributed by atoms with Crippen LogP contribution in [0.25, 0.3) is 0 Å². The van der Waals surface area contributed by atoms with Crippen LogP contribution in [0.1, 0.15) is 18.4 Å². The third kappa shape index (κ3) is 2.42. The summed E-state index contributed by atoms with van der Waals surface area (Å²) >= 11 is 1.69. The Bertz CT molecular complexity index is 540. The quantitative estimate of drug-likeness (QED) is 0.907. The van der Waals surface area contributed by atoms with E-state index in [1.807, 2.05) is 24.3 Å². The van der Waals surface area contributed by atoms with E-state index < -0.39 is 11.9 Å². The van der Waals surface area contributed by atoms with E-state index in [0.29, 0.717) is 13.0 Å². The normalized spacial score (nSPS) is 25.3. The predicted octanol–water partition coefficient (Wildman–Crippen LogP) is 2.17. The van der Waals surface area contributed by atoms with Gasteiger partial charge in [0, 0.05) is 12.2 Å². The van der Waals surface area contributed by atoms with Crippen molar-refractivity contribution in [3.63, 3.8) is 0 Å². The highest BCUT2D eigenvalue weighted by molar-refractivity contribution is 8.00. The van der Waals surface area contributed by atoms with Gasteiger partial charge in [0.15, 0.2) is 0 Å². The van der Waals surface area contributed by atoms with Crippen LogP contribution in [-0.2, 0) is 16.0 Å². The second-order valence-electron chi connectivity index (χ2n) is 5.32. The molecule has 1 amide bonds. The number of carbonyl (C=O) groups excluding carboxylic acids is 1. The van der Waals surface area contributed by atoms with Crippen LogP contribution in [0.15, 0.2) is 24.3 Å². The maximum Gasteiger partial charge on any atom is 0.308 e. The lowest BCUT2D eigenvalue weighted by Crippen LogP contribution is -2.45. The summed E-state index contributed by atoms with van der Waals surface area (Å²) in [5.41, 5.74) is 1.85. The Morgan fingerprint density at radius 1 is 1.30 bits per heavy atom. The van der Waals surface area contributed by atoms with Gasteiger partial charge >= 0.3 is 5.97 Å². The Hall–Kier alpha value is -1.49. The number of para-hydroxylation sites is 1. The number of hydrogen-bond donors (Lipinski definition) is 1. The van der Waals surface area contributed by atoms with Gasteiger partial charge in [0.25, 0.3) is 0 Å². The van der Waals surface area contributed by atoms with Crippen LogP contribution in [-0.4, -0.2) is 34.5 Å². The number of benzene rings is 1. The number of carboxylic acid groups (broad SMARTS) is 1. The van der Waals surface area contributed by atoms with E-state index in [1.165, 1.54) is 0 Å². The molecule has 0 aliphatic carbocycles. The average molecular weight is 291 g/mol. The number of nitrogens with zero attached hydrogens (tertiary/aromatic N) is 1. The zero-order valence-electron chi connectivity index (χ0n) is 11.1. The SMILES string of the molecule is O=C(O)C1Cc2ccccc2N(C(=O)C2CCCS2)C1. The van der Waals surface area contributed by atoms with Crippen LogP contribution < -0.4 is 4.90 Å². The van der Waals surface area contributed by atoms with Crippen molar-refractivity contribution in [2.24, 2.45) is 5.92 Å². The summed E-state index contributed by atoms with van der Waals surface area (Å²) in [6.45, 7) is 0.294. The fourth-order valence-electron chi connectivity index (χ4n) is 2.92. The Morgan fingerprint density at radius 2 is 2.10 bits per heavy atom. The Labute approximate surface area is 122 Å². The lowest BCUT2D eigenvalue weighted by atomic mass is 9.92. The monoisotopic (exact) mass is 291 g/mol. The van der Waals surface area contributed by atoms with E-state index in [4.69, 9.17) is 0 Å². The van der Waals surface area contributed by atoms with E-state index in [-0.39, 0.29) is 11.2 Å². The second-order valence-corrected chi connectivity index (χ2v) is 6.63. The maximum atomic E-state index is 12.6. The van der Waals surface area contributed by atoms with Crippen molar-refractivity contribution in [1.29, 1.82) is 0 Å². The van der Waals surface area contributed by atoms with Crippen LogP contribution >= 0.6 is 11.8 Å². The number of thioether (sulfide) groups is 1. The van der Waals surface area contributed by atoms with E-state index in [1.54, 1.807) is 16.7 Å². The van der Waals surface area contributed by atoms with Crippen LogP contribution in [0.2, 0.25) is 0 Å². The van der Waals surface area contributed by atoms with Gasteiger partial charge in [0.05, 0.1) is 11.2 Å². The van der Waals surface area contributed by atoms with Crippen LogP contribution in [0.5, 0.6) is 0 Å². The molecule has 2 unspecified atom stereocenters.